The molecule has 0 fully saturated rings. The van der Waals surface area contributed by atoms with Crippen LogP contribution >= 0.6 is 0 Å². The van der Waals surface area contributed by atoms with Crippen LogP contribution < -0.4 is 0 Å². The summed E-state index contributed by atoms with van der Waals surface area (Å²) in [6.07, 6.45) is 3.79. The van der Waals surface area contributed by atoms with Crippen molar-refractivity contribution >= 4 is 0 Å². The Hall–Kier alpha value is -3.86. The van der Waals surface area contributed by atoms with E-state index >= 15 is 0 Å². The van der Waals surface area contributed by atoms with Gasteiger partial charge < -0.3 is 4.57 Å². The first-order chi connectivity index (χ1) is 16.0. The van der Waals surface area contributed by atoms with Crippen molar-refractivity contribution in [3.63, 3.8) is 0 Å². The predicted molar refractivity (Wildman–Crippen MR) is 127 cm³/mol. The fourth-order valence-corrected chi connectivity index (χ4v) is 3.92. The van der Waals surface area contributed by atoms with Gasteiger partial charge in [-0.3, -0.25) is 0 Å². The van der Waals surface area contributed by atoms with Crippen LogP contribution in [0.15, 0.2) is 85.2 Å². The molecule has 0 aliphatic carbocycles. The van der Waals surface area contributed by atoms with Gasteiger partial charge in [0.25, 0.3) is 0 Å². The molecule has 2 heterocycles. The zero-order valence-electron chi connectivity index (χ0n) is 18.5. The van der Waals surface area contributed by atoms with Crippen LogP contribution in [0.25, 0.3) is 33.9 Å². The Bertz CT molecular complexity index is 1370. The number of hydrogen-bond donors (Lipinski definition) is 0. The van der Waals surface area contributed by atoms with Crippen molar-refractivity contribution < 1.29 is 8.78 Å². The summed E-state index contributed by atoms with van der Waals surface area (Å²) in [5.41, 5.74) is 6.21. The Labute approximate surface area is 191 Å². The van der Waals surface area contributed by atoms with Crippen LogP contribution in [0.4, 0.5) is 8.78 Å². The molecule has 33 heavy (non-hydrogen) atoms. The highest BCUT2D eigenvalue weighted by Gasteiger charge is 2.17. The first kappa shape index (κ1) is 21.0. The van der Waals surface area contributed by atoms with Crippen LogP contribution in [-0.4, -0.2) is 14.5 Å². The summed E-state index contributed by atoms with van der Waals surface area (Å²) in [6.45, 7) is 5.06. The van der Waals surface area contributed by atoms with Crippen LogP contribution in [-0.2, 0) is 6.54 Å². The lowest BCUT2D eigenvalue weighted by Gasteiger charge is -2.10. The first-order valence-electron chi connectivity index (χ1n) is 10.9. The second kappa shape index (κ2) is 8.58. The molecule has 5 heteroatoms. The molecular weight excluding hydrogens is 416 g/mol. The monoisotopic (exact) mass is 439 g/mol. The maximum Gasteiger partial charge on any atom is 0.169 e. The minimum absolute atomic E-state index is 0.0646. The van der Waals surface area contributed by atoms with E-state index in [9.17, 15) is 8.78 Å². The minimum atomic E-state index is -0.931. The van der Waals surface area contributed by atoms with E-state index in [1.807, 2.05) is 23.0 Å². The van der Waals surface area contributed by atoms with Crippen LogP contribution in [0.3, 0.4) is 0 Å². The predicted octanol–water partition coefficient (Wildman–Crippen LogP) is 7.17. The Morgan fingerprint density at radius 1 is 0.788 bits per heavy atom. The number of fused-ring (bicyclic) bond motifs is 1. The van der Waals surface area contributed by atoms with Crippen molar-refractivity contribution in [2.24, 2.45) is 0 Å². The van der Waals surface area contributed by atoms with Gasteiger partial charge in [0.2, 0.25) is 0 Å². The number of imidazole rings is 1. The molecule has 0 saturated heterocycles. The van der Waals surface area contributed by atoms with E-state index in [0.29, 0.717) is 23.9 Å². The Morgan fingerprint density at radius 2 is 1.45 bits per heavy atom. The molecular formula is C28H23F2N3. The third-order valence-electron chi connectivity index (χ3n) is 5.85. The Kier molecular flexibility index (Phi) is 5.47. The number of rotatable bonds is 5. The molecule has 0 spiro atoms. The van der Waals surface area contributed by atoms with E-state index in [-0.39, 0.29) is 11.4 Å². The van der Waals surface area contributed by atoms with Gasteiger partial charge in [-0.05, 0) is 46.4 Å². The summed E-state index contributed by atoms with van der Waals surface area (Å²) >= 11 is 0. The van der Waals surface area contributed by atoms with Gasteiger partial charge in [-0.2, -0.15) is 0 Å². The van der Waals surface area contributed by atoms with Gasteiger partial charge in [0.15, 0.2) is 17.5 Å². The summed E-state index contributed by atoms with van der Waals surface area (Å²) in [6, 6.07) is 23.1. The standard InChI is InChI=1S/C28H23F2N3/c1-18(2)20-10-12-22(13-11-20)21-8-6-19(7-9-21)16-33-15-14-25-26(17-33)32-28(31-25)23-4-3-5-24(29)27(23)30/h3-15,17-18H,16H2,1-2H3. The lowest BCUT2D eigenvalue weighted by atomic mass is 9.98. The van der Waals surface area contributed by atoms with Crippen molar-refractivity contribution in [1.82, 2.24) is 14.5 Å². The molecule has 0 saturated carbocycles. The summed E-state index contributed by atoms with van der Waals surface area (Å²) in [5.74, 6) is -1.13. The molecule has 3 nitrogen and oxygen atoms in total. The van der Waals surface area contributed by atoms with E-state index in [4.69, 9.17) is 0 Å². The SMILES string of the molecule is CC(C)c1ccc(-c2ccc(Cn3ccc4nc(-c5cccc(F)c5F)nc-4c3)cc2)cc1. The molecule has 5 rings (SSSR count). The van der Waals surface area contributed by atoms with Gasteiger partial charge in [0.1, 0.15) is 5.69 Å². The van der Waals surface area contributed by atoms with E-state index in [1.54, 1.807) is 0 Å². The Balaban J connectivity index is 1.36. The number of pyridine rings is 1. The third kappa shape index (κ3) is 4.27. The summed E-state index contributed by atoms with van der Waals surface area (Å²) in [5, 5.41) is 0. The maximum atomic E-state index is 14.1. The van der Waals surface area contributed by atoms with Crippen molar-refractivity contribution in [3.05, 3.63) is 108 Å². The average Bonchev–Trinajstić information content (AvgIpc) is 3.24. The number of halogens is 2. The second-order valence-corrected chi connectivity index (χ2v) is 8.51. The zero-order chi connectivity index (χ0) is 22.9. The third-order valence-corrected chi connectivity index (χ3v) is 5.85. The van der Waals surface area contributed by atoms with Gasteiger partial charge in [-0.25, -0.2) is 18.7 Å². The van der Waals surface area contributed by atoms with Gasteiger partial charge in [-0.15, -0.1) is 0 Å². The minimum Gasteiger partial charge on any atom is -0.348 e. The van der Waals surface area contributed by atoms with Gasteiger partial charge in [-0.1, -0.05) is 68.4 Å². The number of nitrogens with zero attached hydrogens (tertiary/aromatic N) is 3. The van der Waals surface area contributed by atoms with E-state index in [0.717, 1.165) is 11.6 Å². The Morgan fingerprint density at radius 3 is 2.15 bits per heavy atom. The van der Waals surface area contributed by atoms with Crippen molar-refractivity contribution in [2.75, 3.05) is 0 Å². The molecule has 3 aromatic carbocycles. The highest BCUT2D eigenvalue weighted by molar-refractivity contribution is 5.66. The largest absolute Gasteiger partial charge is 0.348 e. The topological polar surface area (TPSA) is 30.7 Å². The highest BCUT2D eigenvalue weighted by atomic mass is 19.2. The summed E-state index contributed by atoms with van der Waals surface area (Å²) < 4.78 is 29.7. The summed E-state index contributed by atoms with van der Waals surface area (Å²) in [4.78, 5) is 8.79. The average molecular weight is 440 g/mol. The van der Waals surface area contributed by atoms with Crippen molar-refractivity contribution in [1.29, 1.82) is 0 Å². The lowest BCUT2D eigenvalue weighted by Crippen LogP contribution is -2.00. The molecule has 0 radical (unpaired) electrons. The van der Waals surface area contributed by atoms with Crippen LogP contribution in [0.1, 0.15) is 30.9 Å². The van der Waals surface area contributed by atoms with Crippen molar-refractivity contribution in [3.8, 4) is 33.9 Å². The first-order valence-corrected chi connectivity index (χ1v) is 10.9. The molecule has 0 unspecified atom stereocenters. The lowest BCUT2D eigenvalue weighted by molar-refractivity contribution is 0.510. The van der Waals surface area contributed by atoms with Crippen LogP contribution in [0.2, 0.25) is 0 Å². The van der Waals surface area contributed by atoms with E-state index in [1.165, 1.54) is 28.8 Å². The molecule has 0 aromatic heterocycles. The van der Waals surface area contributed by atoms with E-state index in [2.05, 4.69) is 72.3 Å². The van der Waals surface area contributed by atoms with Gasteiger partial charge in [0, 0.05) is 18.9 Å². The zero-order valence-corrected chi connectivity index (χ0v) is 18.5. The molecule has 2 aliphatic heterocycles. The second-order valence-electron chi connectivity index (χ2n) is 8.51. The smallest absolute Gasteiger partial charge is 0.169 e. The molecule has 2 aliphatic rings. The van der Waals surface area contributed by atoms with Gasteiger partial charge in [0.05, 0.1) is 11.3 Å². The molecule has 0 bridgehead atoms. The molecule has 0 N–H and O–H groups in total. The molecule has 0 amide bonds. The van der Waals surface area contributed by atoms with E-state index < -0.39 is 11.6 Å². The number of benzene rings is 3. The highest BCUT2D eigenvalue weighted by Crippen LogP contribution is 2.28. The molecule has 164 valence electrons. The number of aromatic nitrogens is 3. The molecule has 0 atom stereocenters. The van der Waals surface area contributed by atoms with Gasteiger partial charge >= 0.3 is 0 Å². The van der Waals surface area contributed by atoms with Crippen LogP contribution in [0.5, 0.6) is 0 Å². The normalized spacial score (nSPS) is 11.4. The summed E-state index contributed by atoms with van der Waals surface area (Å²) in [7, 11) is 0. The van der Waals surface area contributed by atoms with Crippen molar-refractivity contribution in [2.45, 2.75) is 26.3 Å². The van der Waals surface area contributed by atoms with Crippen LogP contribution in [0, 0.1) is 11.6 Å². The quantitative estimate of drug-likeness (QED) is 0.291. The number of hydrogen-bond acceptors (Lipinski definition) is 2. The fourth-order valence-electron chi connectivity index (χ4n) is 3.92. The maximum absolute atomic E-state index is 14.1. The fraction of sp³-hybridized carbons (Fsp3) is 0.143. The molecule has 3 aromatic rings.